The quantitative estimate of drug-likeness (QED) is 0.843. The van der Waals surface area contributed by atoms with E-state index in [0.29, 0.717) is 0 Å². The summed E-state index contributed by atoms with van der Waals surface area (Å²) in [6, 6.07) is 6.13. The van der Waals surface area contributed by atoms with Gasteiger partial charge >= 0.3 is 0 Å². The Labute approximate surface area is 155 Å². The van der Waals surface area contributed by atoms with Gasteiger partial charge in [-0.05, 0) is 45.4 Å². The fraction of sp³-hybridized carbons (Fsp3) is 0.600. The monoisotopic (exact) mass is 356 g/mol. The number of anilines is 1. The van der Waals surface area contributed by atoms with Crippen LogP contribution in [-0.4, -0.2) is 54.4 Å². The molecule has 2 saturated heterocycles. The summed E-state index contributed by atoms with van der Waals surface area (Å²) in [5.74, 6) is 1.99. The molecule has 1 atom stereocenters. The highest BCUT2D eigenvalue weighted by molar-refractivity contribution is 5.38. The van der Waals surface area contributed by atoms with Crippen LogP contribution in [0.3, 0.4) is 0 Å². The SMILES string of the molecule is Cc1noc(C)c1CN1CCCC2(COCCN(c3ccccn3)C2)C1. The molecule has 0 bridgehead atoms. The molecule has 0 amide bonds. The van der Waals surface area contributed by atoms with Gasteiger partial charge in [0.1, 0.15) is 11.6 Å². The highest BCUT2D eigenvalue weighted by Crippen LogP contribution is 2.35. The molecule has 140 valence electrons. The molecule has 2 aromatic heterocycles. The molecule has 1 spiro atoms. The lowest BCUT2D eigenvalue weighted by Gasteiger charge is -2.43. The third kappa shape index (κ3) is 3.62. The van der Waals surface area contributed by atoms with Crippen molar-refractivity contribution >= 4 is 5.82 Å². The molecule has 0 N–H and O–H groups in total. The molecule has 4 heterocycles. The van der Waals surface area contributed by atoms with Crippen molar-refractivity contribution in [3.05, 3.63) is 41.4 Å². The van der Waals surface area contributed by atoms with Crippen LogP contribution in [0, 0.1) is 19.3 Å². The van der Waals surface area contributed by atoms with Crippen LogP contribution in [0.2, 0.25) is 0 Å². The van der Waals surface area contributed by atoms with Crippen molar-refractivity contribution < 1.29 is 9.26 Å². The summed E-state index contributed by atoms with van der Waals surface area (Å²) in [5, 5.41) is 4.11. The molecule has 6 nitrogen and oxygen atoms in total. The van der Waals surface area contributed by atoms with Crippen LogP contribution in [-0.2, 0) is 11.3 Å². The first kappa shape index (κ1) is 17.5. The summed E-state index contributed by atoms with van der Waals surface area (Å²) >= 11 is 0. The van der Waals surface area contributed by atoms with Crippen LogP contribution in [0.1, 0.15) is 29.9 Å². The van der Waals surface area contributed by atoms with Crippen molar-refractivity contribution in [2.45, 2.75) is 33.2 Å². The molecule has 4 rings (SSSR count). The minimum absolute atomic E-state index is 0.158. The van der Waals surface area contributed by atoms with Gasteiger partial charge in [-0.15, -0.1) is 0 Å². The van der Waals surface area contributed by atoms with E-state index in [-0.39, 0.29) is 5.41 Å². The number of hydrogen-bond acceptors (Lipinski definition) is 6. The number of piperidine rings is 1. The molecule has 2 aromatic rings. The molecule has 0 saturated carbocycles. The average molecular weight is 356 g/mol. The Bertz CT molecular complexity index is 713. The lowest BCUT2D eigenvalue weighted by atomic mass is 9.80. The minimum atomic E-state index is 0.158. The number of aryl methyl sites for hydroxylation is 2. The summed E-state index contributed by atoms with van der Waals surface area (Å²) in [6.07, 6.45) is 4.27. The van der Waals surface area contributed by atoms with Crippen LogP contribution in [0.25, 0.3) is 0 Å². The summed E-state index contributed by atoms with van der Waals surface area (Å²) in [4.78, 5) is 9.50. The van der Waals surface area contributed by atoms with Gasteiger partial charge in [0.05, 0.1) is 18.9 Å². The van der Waals surface area contributed by atoms with Crippen LogP contribution in [0.4, 0.5) is 5.82 Å². The lowest BCUT2D eigenvalue weighted by molar-refractivity contribution is 0.0105. The van der Waals surface area contributed by atoms with E-state index < -0.39 is 0 Å². The lowest BCUT2D eigenvalue weighted by Crippen LogP contribution is -2.50. The van der Waals surface area contributed by atoms with E-state index in [9.17, 15) is 0 Å². The predicted molar refractivity (Wildman–Crippen MR) is 100 cm³/mol. The molecule has 0 aliphatic carbocycles. The van der Waals surface area contributed by atoms with Gasteiger partial charge in [0.15, 0.2) is 0 Å². The first-order valence-corrected chi connectivity index (χ1v) is 9.53. The van der Waals surface area contributed by atoms with Crippen molar-refractivity contribution in [2.24, 2.45) is 5.41 Å². The van der Waals surface area contributed by atoms with Gasteiger partial charge < -0.3 is 14.2 Å². The Morgan fingerprint density at radius 1 is 1.19 bits per heavy atom. The third-order valence-corrected chi connectivity index (χ3v) is 5.72. The molecule has 2 aliphatic rings. The van der Waals surface area contributed by atoms with E-state index in [0.717, 1.165) is 63.2 Å². The predicted octanol–water partition coefficient (Wildman–Crippen LogP) is 2.81. The van der Waals surface area contributed by atoms with Gasteiger partial charge in [0.25, 0.3) is 0 Å². The fourth-order valence-electron chi connectivity index (χ4n) is 4.37. The number of pyridine rings is 1. The van der Waals surface area contributed by atoms with Gasteiger partial charge in [-0.1, -0.05) is 11.2 Å². The molecule has 26 heavy (non-hydrogen) atoms. The fourth-order valence-corrected chi connectivity index (χ4v) is 4.37. The van der Waals surface area contributed by atoms with E-state index in [1.54, 1.807) is 0 Å². The summed E-state index contributed by atoms with van der Waals surface area (Å²) in [7, 11) is 0. The molecular formula is C20H28N4O2. The Morgan fingerprint density at radius 3 is 2.88 bits per heavy atom. The normalized spacial score (nSPS) is 24.8. The van der Waals surface area contributed by atoms with Crippen LogP contribution < -0.4 is 4.90 Å². The molecule has 2 fully saturated rings. The van der Waals surface area contributed by atoms with Gasteiger partial charge in [0, 0.05) is 43.4 Å². The summed E-state index contributed by atoms with van der Waals surface area (Å²) < 4.78 is 11.4. The summed E-state index contributed by atoms with van der Waals surface area (Å²) in [6.45, 7) is 10.6. The van der Waals surface area contributed by atoms with Gasteiger partial charge in [-0.3, -0.25) is 4.90 Å². The molecule has 0 radical (unpaired) electrons. The van der Waals surface area contributed by atoms with Gasteiger partial charge in [-0.25, -0.2) is 4.98 Å². The zero-order valence-corrected chi connectivity index (χ0v) is 15.8. The van der Waals surface area contributed by atoms with Crippen molar-refractivity contribution in [1.29, 1.82) is 0 Å². The molecule has 6 heteroatoms. The Morgan fingerprint density at radius 2 is 2.12 bits per heavy atom. The second kappa shape index (κ2) is 7.37. The number of hydrogen-bond donors (Lipinski definition) is 0. The highest BCUT2D eigenvalue weighted by atomic mass is 16.5. The van der Waals surface area contributed by atoms with Crippen LogP contribution in [0.15, 0.2) is 28.9 Å². The number of ether oxygens (including phenoxy) is 1. The average Bonchev–Trinajstić information content (AvgIpc) is 2.85. The molecule has 0 aromatic carbocycles. The van der Waals surface area contributed by atoms with Crippen LogP contribution >= 0.6 is 0 Å². The summed E-state index contributed by atoms with van der Waals surface area (Å²) in [5.41, 5.74) is 2.40. The molecule has 1 unspecified atom stereocenters. The first-order chi connectivity index (χ1) is 12.7. The maximum Gasteiger partial charge on any atom is 0.138 e. The van der Waals surface area contributed by atoms with Gasteiger partial charge in [0.2, 0.25) is 0 Å². The van der Waals surface area contributed by atoms with Crippen molar-refractivity contribution in [2.75, 3.05) is 44.3 Å². The zero-order valence-electron chi connectivity index (χ0n) is 15.8. The smallest absolute Gasteiger partial charge is 0.138 e. The van der Waals surface area contributed by atoms with Crippen molar-refractivity contribution in [1.82, 2.24) is 15.0 Å². The first-order valence-electron chi connectivity index (χ1n) is 9.53. The number of nitrogens with zero attached hydrogens (tertiary/aromatic N) is 4. The third-order valence-electron chi connectivity index (χ3n) is 5.72. The van der Waals surface area contributed by atoms with Crippen LogP contribution in [0.5, 0.6) is 0 Å². The van der Waals surface area contributed by atoms with Gasteiger partial charge in [-0.2, -0.15) is 0 Å². The van der Waals surface area contributed by atoms with E-state index in [4.69, 9.17) is 9.26 Å². The maximum atomic E-state index is 6.04. The number of rotatable bonds is 3. The standard InChI is InChI=1S/C20H28N4O2/c1-16-18(17(2)26-22-16)12-23-9-5-7-20(13-23)14-24(10-11-25-15-20)19-6-3-4-8-21-19/h3-4,6,8H,5,7,9-15H2,1-2H3. The Hall–Kier alpha value is -1.92. The largest absolute Gasteiger partial charge is 0.379 e. The van der Waals surface area contributed by atoms with E-state index >= 15 is 0 Å². The second-order valence-electron chi connectivity index (χ2n) is 7.78. The number of likely N-dealkylation sites (tertiary alicyclic amines) is 1. The van der Waals surface area contributed by atoms with E-state index in [1.807, 2.05) is 26.1 Å². The maximum absolute atomic E-state index is 6.04. The minimum Gasteiger partial charge on any atom is -0.379 e. The van der Waals surface area contributed by atoms with E-state index in [1.165, 1.54) is 18.4 Å². The zero-order chi connectivity index (χ0) is 18.0. The van der Waals surface area contributed by atoms with Crippen molar-refractivity contribution in [3.8, 4) is 0 Å². The van der Waals surface area contributed by atoms with E-state index in [2.05, 4.69) is 32.1 Å². The highest BCUT2D eigenvalue weighted by Gasteiger charge is 2.39. The Kier molecular flexibility index (Phi) is 4.96. The van der Waals surface area contributed by atoms with Crippen molar-refractivity contribution in [3.63, 3.8) is 0 Å². The Balaban J connectivity index is 1.51. The second-order valence-corrected chi connectivity index (χ2v) is 7.78. The number of aromatic nitrogens is 2. The topological polar surface area (TPSA) is 54.6 Å². The molecular weight excluding hydrogens is 328 g/mol. The molecule has 2 aliphatic heterocycles.